The summed E-state index contributed by atoms with van der Waals surface area (Å²) in [5.74, 6) is -1.86. The van der Waals surface area contributed by atoms with Gasteiger partial charge < -0.3 is 15.0 Å². The van der Waals surface area contributed by atoms with Crippen LogP contribution in [-0.2, 0) is 4.74 Å². The summed E-state index contributed by atoms with van der Waals surface area (Å²) < 4.78 is 33.0. The number of nitrogens with zero attached hydrogens (tertiary/aromatic N) is 1. The Bertz CT molecular complexity index is 499. The van der Waals surface area contributed by atoms with Crippen molar-refractivity contribution in [3.63, 3.8) is 0 Å². The Hall–Kier alpha value is -1.69. The largest absolute Gasteiger partial charge is 0.381 e. The lowest BCUT2D eigenvalue weighted by atomic mass is 10.1. The minimum Gasteiger partial charge on any atom is -0.381 e. The summed E-state index contributed by atoms with van der Waals surface area (Å²) in [5.41, 5.74) is -0.161. The number of methoxy groups -OCH3 is 1. The number of likely N-dealkylation sites (tertiary alicyclic amines) is 1. The summed E-state index contributed by atoms with van der Waals surface area (Å²) in [4.78, 5) is 13.9. The van der Waals surface area contributed by atoms with Gasteiger partial charge in [0.05, 0.1) is 6.10 Å². The molecule has 0 spiro atoms. The molecule has 6 heteroatoms. The molecular weight excluding hydrogens is 278 g/mol. The fourth-order valence-corrected chi connectivity index (χ4v) is 2.54. The lowest BCUT2D eigenvalue weighted by Crippen LogP contribution is -2.43. The predicted octanol–water partition coefficient (Wildman–Crippen LogP) is 2.65. The number of rotatable bonds is 4. The van der Waals surface area contributed by atoms with E-state index in [1.807, 2.05) is 0 Å². The van der Waals surface area contributed by atoms with E-state index in [9.17, 15) is 13.6 Å². The van der Waals surface area contributed by atoms with Crippen LogP contribution in [0.25, 0.3) is 0 Å². The van der Waals surface area contributed by atoms with Crippen LogP contribution in [0.2, 0.25) is 0 Å². The van der Waals surface area contributed by atoms with Crippen molar-refractivity contribution in [3.8, 4) is 0 Å². The molecule has 1 aliphatic rings. The minimum absolute atomic E-state index is 0.0153. The quantitative estimate of drug-likeness (QED) is 0.929. The second kappa shape index (κ2) is 6.85. The number of ether oxygens (including phenoxy) is 1. The molecule has 0 saturated carbocycles. The first-order valence-electron chi connectivity index (χ1n) is 7.11. The van der Waals surface area contributed by atoms with Gasteiger partial charge in [0.1, 0.15) is 17.3 Å². The molecule has 116 valence electrons. The zero-order chi connectivity index (χ0) is 15.4. The maximum absolute atomic E-state index is 13.9. The Balaban J connectivity index is 2.19. The number of carbonyl (C=O) groups excluding carboxylic acids is 1. The van der Waals surface area contributed by atoms with E-state index in [2.05, 4.69) is 5.32 Å². The normalized spacial score (nSPS) is 18.7. The first kappa shape index (κ1) is 15.7. The third kappa shape index (κ3) is 3.50. The molecule has 1 amide bonds. The van der Waals surface area contributed by atoms with Crippen molar-refractivity contribution in [2.75, 3.05) is 32.1 Å². The zero-order valence-corrected chi connectivity index (χ0v) is 12.3. The molecule has 0 bridgehead atoms. The molecule has 2 rings (SSSR count). The lowest BCUT2D eigenvalue weighted by Gasteiger charge is -2.32. The average Bonchev–Trinajstić information content (AvgIpc) is 2.50. The van der Waals surface area contributed by atoms with Gasteiger partial charge in [-0.15, -0.1) is 0 Å². The molecule has 1 aromatic carbocycles. The number of anilines is 1. The highest BCUT2D eigenvalue weighted by Crippen LogP contribution is 2.23. The Kier molecular flexibility index (Phi) is 5.12. The first-order valence-corrected chi connectivity index (χ1v) is 7.11. The summed E-state index contributed by atoms with van der Waals surface area (Å²) in [6, 6.07) is 2.17. The van der Waals surface area contributed by atoms with Gasteiger partial charge in [-0.3, -0.25) is 4.79 Å². The molecule has 1 saturated heterocycles. The smallest absolute Gasteiger partial charge is 0.254 e. The molecule has 4 nitrogen and oxygen atoms in total. The summed E-state index contributed by atoms with van der Waals surface area (Å²) >= 11 is 0. The Morgan fingerprint density at radius 3 is 2.67 bits per heavy atom. The van der Waals surface area contributed by atoms with Crippen molar-refractivity contribution in [1.82, 2.24) is 4.90 Å². The molecule has 1 atom stereocenters. The van der Waals surface area contributed by atoms with E-state index in [1.165, 1.54) is 0 Å². The molecule has 0 aliphatic carbocycles. The van der Waals surface area contributed by atoms with Crippen LogP contribution in [0.1, 0.15) is 30.1 Å². The Morgan fingerprint density at radius 1 is 1.43 bits per heavy atom. The molecule has 1 aromatic rings. The van der Waals surface area contributed by atoms with Crippen LogP contribution in [0.3, 0.4) is 0 Å². The highest BCUT2D eigenvalue weighted by atomic mass is 19.1. The van der Waals surface area contributed by atoms with E-state index >= 15 is 0 Å². The number of amides is 1. The van der Waals surface area contributed by atoms with Crippen molar-refractivity contribution in [1.29, 1.82) is 0 Å². The number of hydrogen-bond donors (Lipinski definition) is 1. The van der Waals surface area contributed by atoms with Crippen LogP contribution in [0, 0.1) is 11.6 Å². The van der Waals surface area contributed by atoms with Crippen LogP contribution in [0.4, 0.5) is 14.5 Å². The second-order valence-electron chi connectivity index (χ2n) is 5.10. The number of hydrogen-bond acceptors (Lipinski definition) is 3. The number of carbonyl (C=O) groups is 1. The lowest BCUT2D eigenvalue weighted by molar-refractivity contribution is 0.0268. The Morgan fingerprint density at radius 2 is 2.10 bits per heavy atom. The summed E-state index contributed by atoms with van der Waals surface area (Å²) in [7, 11) is 1.60. The standard InChI is InChI=1S/C15H20F2N2O2/c1-3-18-14-12(16)7-10(8-13(14)17)15(20)19-6-4-5-11(9-19)21-2/h7-8,11,18H,3-6,9H2,1-2H3. The number of halogens is 2. The van der Waals surface area contributed by atoms with E-state index in [0.29, 0.717) is 19.6 Å². The molecule has 1 unspecified atom stereocenters. The number of piperidine rings is 1. The fraction of sp³-hybridized carbons (Fsp3) is 0.533. The van der Waals surface area contributed by atoms with Gasteiger partial charge in [-0.1, -0.05) is 0 Å². The van der Waals surface area contributed by atoms with Gasteiger partial charge in [0.15, 0.2) is 0 Å². The second-order valence-corrected chi connectivity index (χ2v) is 5.10. The molecule has 21 heavy (non-hydrogen) atoms. The van der Waals surface area contributed by atoms with E-state index in [0.717, 1.165) is 25.0 Å². The number of nitrogens with one attached hydrogen (secondary N) is 1. The van der Waals surface area contributed by atoms with Crippen molar-refractivity contribution in [2.24, 2.45) is 0 Å². The van der Waals surface area contributed by atoms with Gasteiger partial charge in [-0.25, -0.2) is 8.78 Å². The summed E-state index contributed by atoms with van der Waals surface area (Å²) in [6.45, 7) is 3.18. The molecule has 1 N–H and O–H groups in total. The topological polar surface area (TPSA) is 41.6 Å². The Labute approximate surface area is 123 Å². The van der Waals surface area contributed by atoms with Gasteiger partial charge >= 0.3 is 0 Å². The first-order chi connectivity index (χ1) is 10.1. The summed E-state index contributed by atoms with van der Waals surface area (Å²) in [6.07, 6.45) is 1.70. The van der Waals surface area contributed by atoms with Crippen LogP contribution in [-0.4, -0.2) is 43.7 Å². The van der Waals surface area contributed by atoms with Crippen molar-refractivity contribution in [2.45, 2.75) is 25.9 Å². The number of benzene rings is 1. The van der Waals surface area contributed by atoms with Crippen LogP contribution in [0.5, 0.6) is 0 Å². The maximum atomic E-state index is 13.9. The van der Waals surface area contributed by atoms with Gasteiger partial charge in [0.25, 0.3) is 5.91 Å². The maximum Gasteiger partial charge on any atom is 0.254 e. The zero-order valence-electron chi connectivity index (χ0n) is 12.3. The van der Waals surface area contributed by atoms with E-state index in [1.54, 1.807) is 18.9 Å². The highest BCUT2D eigenvalue weighted by molar-refractivity contribution is 5.94. The third-order valence-electron chi connectivity index (χ3n) is 3.64. The predicted molar refractivity (Wildman–Crippen MR) is 76.5 cm³/mol. The fourth-order valence-electron chi connectivity index (χ4n) is 2.54. The van der Waals surface area contributed by atoms with Gasteiger partial charge in [-0.05, 0) is 31.9 Å². The molecule has 1 heterocycles. The van der Waals surface area contributed by atoms with Crippen molar-refractivity contribution < 1.29 is 18.3 Å². The van der Waals surface area contributed by atoms with Gasteiger partial charge in [0, 0.05) is 32.3 Å². The monoisotopic (exact) mass is 298 g/mol. The summed E-state index contributed by atoms with van der Waals surface area (Å²) in [5, 5.41) is 2.61. The molecular formula is C15H20F2N2O2. The van der Waals surface area contributed by atoms with Crippen LogP contribution >= 0.6 is 0 Å². The minimum atomic E-state index is -0.750. The average molecular weight is 298 g/mol. The third-order valence-corrected chi connectivity index (χ3v) is 3.64. The van der Waals surface area contributed by atoms with E-state index in [-0.39, 0.29) is 23.3 Å². The van der Waals surface area contributed by atoms with Crippen molar-refractivity contribution >= 4 is 11.6 Å². The molecule has 0 radical (unpaired) electrons. The highest BCUT2D eigenvalue weighted by Gasteiger charge is 2.25. The van der Waals surface area contributed by atoms with Crippen LogP contribution in [0.15, 0.2) is 12.1 Å². The van der Waals surface area contributed by atoms with E-state index in [4.69, 9.17) is 4.74 Å². The van der Waals surface area contributed by atoms with Crippen molar-refractivity contribution in [3.05, 3.63) is 29.3 Å². The molecule has 0 aromatic heterocycles. The van der Waals surface area contributed by atoms with E-state index < -0.39 is 11.6 Å². The molecule has 1 aliphatic heterocycles. The van der Waals surface area contributed by atoms with Gasteiger partial charge in [0.2, 0.25) is 0 Å². The molecule has 1 fully saturated rings. The van der Waals surface area contributed by atoms with Crippen LogP contribution < -0.4 is 5.32 Å². The van der Waals surface area contributed by atoms with Gasteiger partial charge in [-0.2, -0.15) is 0 Å². The SMILES string of the molecule is CCNc1c(F)cc(C(=O)N2CCCC(OC)C2)cc1F.